The van der Waals surface area contributed by atoms with E-state index in [0.717, 1.165) is 23.2 Å². The molecule has 0 atom stereocenters. The van der Waals surface area contributed by atoms with Crippen molar-refractivity contribution in [2.75, 3.05) is 6.54 Å². The highest BCUT2D eigenvalue weighted by atomic mass is 16.5. The van der Waals surface area contributed by atoms with Crippen LogP contribution >= 0.6 is 0 Å². The van der Waals surface area contributed by atoms with E-state index in [1.165, 1.54) is 5.56 Å². The largest absolute Gasteiger partial charge is 0.334 e. The molecule has 5 nitrogen and oxygen atoms in total. The van der Waals surface area contributed by atoms with Crippen LogP contribution in [0.25, 0.3) is 22.7 Å². The van der Waals surface area contributed by atoms with Crippen LogP contribution in [0.15, 0.2) is 47.1 Å². The molecule has 0 radical (unpaired) electrons. The molecule has 0 saturated carbocycles. The van der Waals surface area contributed by atoms with E-state index < -0.39 is 0 Å². The van der Waals surface area contributed by atoms with E-state index >= 15 is 0 Å². The fourth-order valence-corrected chi connectivity index (χ4v) is 2.11. The quantitative estimate of drug-likeness (QED) is 0.794. The van der Waals surface area contributed by atoms with Crippen molar-refractivity contribution in [3.05, 3.63) is 54.0 Å². The monoisotopic (exact) mass is 280 g/mol. The fraction of sp³-hybridized carbons (Fsp3) is 0.188. The summed E-state index contributed by atoms with van der Waals surface area (Å²) in [4.78, 5) is 8.64. The van der Waals surface area contributed by atoms with Gasteiger partial charge in [-0.25, -0.2) is 0 Å². The Hall–Kier alpha value is -2.53. The summed E-state index contributed by atoms with van der Waals surface area (Å²) in [6.07, 6.45) is 2.64. The zero-order valence-electron chi connectivity index (χ0n) is 11.8. The number of benzene rings is 1. The smallest absolute Gasteiger partial charge is 0.259 e. The molecule has 0 amide bonds. The Morgan fingerprint density at radius 3 is 2.38 bits per heavy atom. The van der Waals surface area contributed by atoms with Crippen LogP contribution in [0.2, 0.25) is 0 Å². The molecule has 0 aliphatic carbocycles. The van der Waals surface area contributed by atoms with Gasteiger partial charge in [-0.05, 0) is 37.6 Å². The number of aryl methyl sites for hydroxylation is 1. The Morgan fingerprint density at radius 2 is 1.81 bits per heavy atom. The van der Waals surface area contributed by atoms with E-state index in [2.05, 4.69) is 39.4 Å². The molecular formula is C16H16N4O. The number of hydrogen-bond donors (Lipinski definition) is 1. The van der Waals surface area contributed by atoms with E-state index in [4.69, 9.17) is 10.3 Å². The summed E-state index contributed by atoms with van der Waals surface area (Å²) < 4.78 is 5.13. The molecule has 0 unspecified atom stereocenters. The number of aromatic nitrogens is 3. The lowest BCUT2D eigenvalue weighted by molar-refractivity contribution is 0.425. The van der Waals surface area contributed by atoms with Crippen molar-refractivity contribution in [2.24, 2.45) is 5.73 Å². The summed E-state index contributed by atoms with van der Waals surface area (Å²) in [6.45, 7) is 2.45. The third-order valence-electron chi connectivity index (χ3n) is 3.22. The van der Waals surface area contributed by atoms with E-state index in [1.807, 2.05) is 12.1 Å². The molecule has 2 N–H and O–H groups in total. The van der Waals surface area contributed by atoms with Gasteiger partial charge in [0, 0.05) is 11.8 Å². The Morgan fingerprint density at radius 1 is 1.05 bits per heavy atom. The number of rotatable bonds is 4. The van der Waals surface area contributed by atoms with Crippen molar-refractivity contribution in [3.8, 4) is 22.7 Å². The van der Waals surface area contributed by atoms with Gasteiger partial charge in [-0.3, -0.25) is 4.98 Å². The van der Waals surface area contributed by atoms with Crippen LogP contribution in [0.4, 0.5) is 0 Å². The molecule has 21 heavy (non-hydrogen) atoms. The predicted octanol–water partition coefficient (Wildman–Crippen LogP) is 2.61. The topological polar surface area (TPSA) is 77.8 Å². The average Bonchev–Trinajstić information content (AvgIpc) is 2.95. The molecule has 0 saturated heterocycles. The second kappa shape index (κ2) is 5.85. The van der Waals surface area contributed by atoms with E-state index in [1.54, 1.807) is 13.1 Å². The third kappa shape index (κ3) is 2.98. The Bertz CT molecular complexity index is 717. The zero-order valence-corrected chi connectivity index (χ0v) is 11.8. The lowest BCUT2D eigenvalue weighted by Crippen LogP contribution is -2.02. The van der Waals surface area contributed by atoms with Crippen LogP contribution in [-0.2, 0) is 6.42 Å². The van der Waals surface area contributed by atoms with Crippen LogP contribution in [0, 0.1) is 6.92 Å². The summed E-state index contributed by atoms with van der Waals surface area (Å²) in [5, 5.41) is 3.78. The SMILES string of the molecule is Cc1noc(-c2ccc(-c3ccc(CCN)cc3)nc2)n1. The summed E-state index contributed by atoms with van der Waals surface area (Å²) >= 11 is 0. The molecule has 0 aliphatic rings. The third-order valence-corrected chi connectivity index (χ3v) is 3.22. The van der Waals surface area contributed by atoms with Gasteiger partial charge in [0.05, 0.1) is 11.3 Å². The predicted molar refractivity (Wildman–Crippen MR) is 80.5 cm³/mol. The van der Waals surface area contributed by atoms with Gasteiger partial charge in [-0.15, -0.1) is 0 Å². The maximum absolute atomic E-state index is 5.55. The summed E-state index contributed by atoms with van der Waals surface area (Å²) in [5.41, 5.74) is 9.59. The molecule has 0 fully saturated rings. The van der Waals surface area contributed by atoms with Crippen molar-refractivity contribution in [2.45, 2.75) is 13.3 Å². The van der Waals surface area contributed by atoms with Crippen LogP contribution < -0.4 is 5.73 Å². The highest BCUT2D eigenvalue weighted by molar-refractivity contribution is 5.62. The van der Waals surface area contributed by atoms with Crippen molar-refractivity contribution in [3.63, 3.8) is 0 Å². The second-order valence-electron chi connectivity index (χ2n) is 4.81. The molecular weight excluding hydrogens is 264 g/mol. The van der Waals surface area contributed by atoms with Crippen molar-refractivity contribution >= 4 is 0 Å². The standard InChI is InChI=1S/C16H16N4O/c1-11-19-16(21-20-11)14-6-7-15(18-10-14)13-4-2-12(3-5-13)8-9-17/h2-7,10H,8-9,17H2,1H3. The Balaban J connectivity index is 1.83. The van der Waals surface area contributed by atoms with E-state index in [9.17, 15) is 0 Å². The van der Waals surface area contributed by atoms with Gasteiger partial charge < -0.3 is 10.3 Å². The second-order valence-corrected chi connectivity index (χ2v) is 4.81. The van der Waals surface area contributed by atoms with Gasteiger partial charge in [0.25, 0.3) is 5.89 Å². The molecule has 0 spiro atoms. The van der Waals surface area contributed by atoms with Gasteiger partial charge in [-0.2, -0.15) is 4.98 Å². The van der Waals surface area contributed by atoms with Crippen LogP contribution in [-0.4, -0.2) is 21.7 Å². The molecule has 2 heterocycles. The molecule has 0 bridgehead atoms. The number of nitrogens with zero attached hydrogens (tertiary/aromatic N) is 3. The minimum absolute atomic E-state index is 0.491. The Labute approximate surface area is 122 Å². The first kappa shape index (κ1) is 13.5. The minimum Gasteiger partial charge on any atom is -0.334 e. The summed E-state index contributed by atoms with van der Waals surface area (Å²) in [5.74, 6) is 1.11. The first-order chi connectivity index (χ1) is 10.3. The maximum atomic E-state index is 5.55. The van der Waals surface area contributed by atoms with Crippen LogP contribution in [0.3, 0.4) is 0 Å². The summed E-state index contributed by atoms with van der Waals surface area (Å²) in [7, 11) is 0. The van der Waals surface area contributed by atoms with Gasteiger partial charge >= 0.3 is 0 Å². The molecule has 1 aromatic carbocycles. The van der Waals surface area contributed by atoms with Gasteiger partial charge in [0.1, 0.15) is 0 Å². The molecule has 0 aliphatic heterocycles. The minimum atomic E-state index is 0.491. The average molecular weight is 280 g/mol. The van der Waals surface area contributed by atoms with Crippen molar-refractivity contribution < 1.29 is 4.52 Å². The molecule has 3 aromatic rings. The van der Waals surface area contributed by atoms with Gasteiger partial charge in [-0.1, -0.05) is 29.4 Å². The number of pyridine rings is 1. The molecule has 3 rings (SSSR count). The number of nitrogens with two attached hydrogens (primary N) is 1. The maximum Gasteiger partial charge on any atom is 0.259 e. The van der Waals surface area contributed by atoms with E-state index in [0.29, 0.717) is 18.3 Å². The van der Waals surface area contributed by atoms with Crippen LogP contribution in [0.1, 0.15) is 11.4 Å². The molecule has 5 heteroatoms. The molecule has 106 valence electrons. The van der Waals surface area contributed by atoms with Gasteiger partial charge in [0.15, 0.2) is 5.82 Å². The lowest BCUT2D eigenvalue weighted by atomic mass is 10.1. The van der Waals surface area contributed by atoms with Crippen LogP contribution in [0.5, 0.6) is 0 Å². The summed E-state index contributed by atoms with van der Waals surface area (Å²) in [6, 6.07) is 12.2. The highest BCUT2D eigenvalue weighted by Gasteiger charge is 2.07. The van der Waals surface area contributed by atoms with Crippen molar-refractivity contribution in [1.29, 1.82) is 0 Å². The molecule has 2 aromatic heterocycles. The van der Waals surface area contributed by atoms with Gasteiger partial charge in [0.2, 0.25) is 0 Å². The number of hydrogen-bond acceptors (Lipinski definition) is 5. The first-order valence-corrected chi connectivity index (χ1v) is 6.82. The normalized spacial score (nSPS) is 10.8. The highest BCUT2D eigenvalue weighted by Crippen LogP contribution is 2.21. The lowest BCUT2D eigenvalue weighted by Gasteiger charge is -2.03. The zero-order chi connectivity index (χ0) is 14.7. The van der Waals surface area contributed by atoms with Crippen molar-refractivity contribution in [1.82, 2.24) is 15.1 Å². The fourth-order valence-electron chi connectivity index (χ4n) is 2.11. The first-order valence-electron chi connectivity index (χ1n) is 6.82. The van der Waals surface area contributed by atoms with E-state index in [-0.39, 0.29) is 0 Å². The Kier molecular flexibility index (Phi) is 3.75.